The van der Waals surface area contributed by atoms with Gasteiger partial charge in [0.1, 0.15) is 0 Å². The van der Waals surface area contributed by atoms with Crippen LogP contribution in [0.2, 0.25) is 0 Å². The van der Waals surface area contributed by atoms with Gasteiger partial charge in [-0.25, -0.2) is 0 Å². The van der Waals surface area contributed by atoms with Gasteiger partial charge in [0.2, 0.25) is 5.89 Å². The largest absolute Gasteiger partial charge is 0.339 e. The quantitative estimate of drug-likeness (QED) is 0.844. The van der Waals surface area contributed by atoms with E-state index in [1.54, 1.807) is 0 Å². The first-order chi connectivity index (χ1) is 8.49. The van der Waals surface area contributed by atoms with Crippen LogP contribution in [0.4, 0.5) is 0 Å². The zero-order chi connectivity index (χ0) is 13.3. The standard InChI is InChI=1S/C14H25N3O/c1-6-10(9(3)15-7-2)13-16-12(17-18-13)11-8-14(11,4)5/h9-11,15H,6-8H2,1-5H3. The van der Waals surface area contributed by atoms with Crippen molar-refractivity contribution in [3.8, 4) is 0 Å². The smallest absolute Gasteiger partial charge is 0.231 e. The molecule has 3 unspecified atom stereocenters. The lowest BCUT2D eigenvalue weighted by molar-refractivity contribution is 0.315. The van der Waals surface area contributed by atoms with E-state index in [9.17, 15) is 0 Å². The summed E-state index contributed by atoms with van der Waals surface area (Å²) in [4.78, 5) is 4.62. The van der Waals surface area contributed by atoms with Crippen LogP contribution in [0.5, 0.6) is 0 Å². The highest BCUT2D eigenvalue weighted by atomic mass is 16.5. The van der Waals surface area contributed by atoms with Gasteiger partial charge >= 0.3 is 0 Å². The predicted molar refractivity (Wildman–Crippen MR) is 71.6 cm³/mol. The summed E-state index contributed by atoms with van der Waals surface area (Å²) in [7, 11) is 0. The van der Waals surface area contributed by atoms with E-state index in [4.69, 9.17) is 4.52 Å². The summed E-state index contributed by atoms with van der Waals surface area (Å²) >= 11 is 0. The van der Waals surface area contributed by atoms with Crippen LogP contribution in [0.25, 0.3) is 0 Å². The maximum atomic E-state index is 5.48. The van der Waals surface area contributed by atoms with Gasteiger partial charge in [-0.3, -0.25) is 0 Å². The van der Waals surface area contributed by atoms with E-state index < -0.39 is 0 Å². The van der Waals surface area contributed by atoms with E-state index in [-0.39, 0.29) is 0 Å². The number of nitrogens with one attached hydrogen (secondary N) is 1. The number of hydrogen-bond acceptors (Lipinski definition) is 4. The molecule has 0 amide bonds. The zero-order valence-electron chi connectivity index (χ0n) is 12.2. The van der Waals surface area contributed by atoms with Crippen molar-refractivity contribution in [1.82, 2.24) is 15.5 Å². The van der Waals surface area contributed by atoms with Crippen molar-refractivity contribution in [1.29, 1.82) is 0 Å². The van der Waals surface area contributed by atoms with Crippen molar-refractivity contribution in [3.63, 3.8) is 0 Å². The summed E-state index contributed by atoms with van der Waals surface area (Å²) in [5.41, 5.74) is 0.357. The SMILES string of the molecule is CCNC(C)C(CC)c1nc(C2CC2(C)C)no1. The van der Waals surface area contributed by atoms with Crippen LogP contribution in [-0.2, 0) is 0 Å². The van der Waals surface area contributed by atoms with Crippen LogP contribution in [-0.4, -0.2) is 22.7 Å². The third-order valence-corrected chi connectivity index (χ3v) is 4.17. The van der Waals surface area contributed by atoms with Crippen LogP contribution < -0.4 is 5.32 Å². The Kier molecular flexibility index (Phi) is 3.76. The molecule has 1 aliphatic carbocycles. The molecule has 102 valence electrons. The van der Waals surface area contributed by atoms with Gasteiger partial charge in [0.25, 0.3) is 0 Å². The van der Waals surface area contributed by atoms with E-state index in [1.165, 1.54) is 6.42 Å². The Morgan fingerprint density at radius 3 is 2.61 bits per heavy atom. The van der Waals surface area contributed by atoms with Crippen LogP contribution in [0.1, 0.15) is 71.0 Å². The lowest BCUT2D eigenvalue weighted by Crippen LogP contribution is -2.31. The van der Waals surface area contributed by atoms with Crippen molar-refractivity contribution in [3.05, 3.63) is 11.7 Å². The third kappa shape index (κ3) is 2.58. The molecule has 0 aromatic carbocycles. The monoisotopic (exact) mass is 251 g/mol. The predicted octanol–water partition coefficient (Wildman–Crippen LogP) is 3.07. The highest BCUT2D eigenvalue weighted by Crippen LogP contribution is 2.57. The molecule has 3 atom stereocenters. The molecular weight excluding hydrogens is 226 g/mol. The summed E-state index contributed by atoms with van der Waals surface area (Å²) < 4.78 is 5.48. The highest BCUT2D eigenvalue weighted by Gasteiger charge is 2.49. The summed E-state index contributed by atoms with van der Waals surface area (Å²) in [6.45, 7) is 12.0. The molecule has 0 bridgehead atoms. The summed E-state index contributed by atoms with van der Waals surface area (Å²) in [5.74, 6) is 2.50. The molecule has 1 fully saturated rings. The molecule has 2 rings (SSSR count). The summed E-state index contributed by atoms with van der Waals surface area (Å²) in [5, 5.41) is 7.61. The molecule has 4 nitrogen and oxygen atoms in total. The summed E-state index contributed by atoms with van der Waals surface area (Å²) in [6.07, 6.45) is 2.19. The molecule has 1 saturated carbocycles. The van der Waals surface area contributed by atoms with E-state index in [0.717, 1.165) is 24.7 Å². The number of likely N-dealkylation sites (N-methyl/N-ethyl adjacent to an activating group) is 1. The molecule has 1 aliphatic rings. The molecular formula is C14H25N3O. The van der Waals surface area contributed by atoms with Gasteiger partial charge in [0.15, 0.2) is 5.82 Å². The summed E-state index contributed by atoms with van der Waals surface area (Å²) in [6, 6.07) is 0.375. The number of nitrogens with zero attached hydrogens (tertiary/aromatic N) is 2. The Labute approximate surface area is 110 Å². The second-order valence-electron chi connectivity index (χ2n) is 6.10. The number of rotatable bonds is 6. The molecule has 18 heavy (non-hydrogen) atoms. The third-order valence-electron chi connectivity index (χ3n) is 4.17. The fourth-order valence-electron chi connectivity index (χ4n) is 2.65. The van der Waals surface area contributed by atoms with Gasteiger partial charge in [-0.15, -0.1) is 0 Å². The van der Waals surface area contributed by atoms with E-state index in [1.807, 2.05) is 0 Å². The Bertz CT molecular complexity index is 399. The van der Waals surface area contributed by atoms with Crippen LogP contribution in [0.3, 0.4) is 0 Å². The van der Waals surface area contributed by atoms with Crippen molar-refractivity contribution < 1.29 is 4.52 Å². The minimum Gasteiger partial charge on any atom is -0.339 e. The molecule has 1 aromatic heterocycles. The average molecular weight is 251 g/mol. The van der Waals surface area contributed by atoms with Crippen LogP contribution in [0.15, 0.2) is 4.52 Å². The molecule has 4 heteroatoms. The molecule has 0 saturated heterocycles. The molecule has 1 N–H and O–H groups in total. The minimum atomic E-state index is 0.313. The molecule has 0 aliphatic heterocycles. The van der Waals surface area contributed by atoms with Gasteiger partial charge in [-0.05, 0) is 31.7 Å². The maximum Gasteiger partial charge on any atom is 0.231 e. The van der Waals surface area contributed by atoms with Gasteiger partial charge in [0.05, 0.1) is 5.92 Å². The van der Waals surface area contributed by atoms with Gasteiger partial charge in [-0.1, -0.05) is 32.9 Å². The Hall–Kier alpha value is -0.900. The molecule has 1 heterocycles. The molecule has 0 spiro atoms. The van der Waals surface area contributed by atoms with E-state index in [0.29, 0.717) is 23.3 Å². The van der Waals surface area contributed by atoms with Crippen LogP contribution in [0, 0.1) is 5.41 Å². The zero-order valence-corrected chi connectivity index (χ0v) is 12.2. The minimum absolute atomic E-state index is 0.313. The van der Waals surface area contributed by atoms with Gasteiger partial charge in [0, 0.05) is 12.0 Å². The molecule has 1 aromatic rings. The fourth-order valence-corrected chi connectivity index (χ4v) is 2.65. The number of hydrogen-bond donors (Lipinski definition) is 1. The Morgan fingerprint density at radius 1 is 1.44 bits per heavy atom. The first-order valence-corrected chi connectivity index (χ1v) is 7.06. The fraction of sp³-hybridized carbons (Fsp3) is 0.857. The topological polar surface area (TPSA) is 51.0 Å². The highest BCUT2D eigenvalue weighted by molar-refractivity contribution is 5.15. The first-order valence-electron chi connectivity index (χ1n) is 7.06. The average Bonchev–Trinajstić information content (AvgIpc) is 2.75. The molecule has 0 radical (unpaired) electrons. The van der Waals surface area contributed by atoms with E-state index in [2.05, 4.69) is 50.1 Å². The van der Waals surface area contributed by atoms with Gasteiger partial charge < -0.3 is 9.84 Å². The second kappa shape index (κ2) is 5.00. The van der Waals surface area contributed by atoms with Crippen molar-refractivity contribution in [2.24, 2.45) is 5.41 Å². The second-order valence-corrected chi connectivity index (χ2v) is 6.10. The van der Waals surface area contributed by atoms with E-state index >= 15 is 0 Å². The maximum absolute atomic E-state index is 5.48. The van der Waals surface area contributed by atoms with Crippen molar-refractivity contribution in [2.45, 2.75) is 65.3 Å². The van der Waals surface area contributed by atoms with Gasteiger partial charge in [-0.2, -0.15) is 4.98 Å². The first kappa shape index (κ1) is 13.5. The van der Waals surface area contributed by atoms with Crippen molar-refractivity contribution in [2.75, 3.05) is 6.54 Å². The normalized spacial score (nSPS) is 24.8. The lowest BCUT2D eigenvalue weighted by Gasteiger charge is -2.19. The van der Waals surface area contributed by atoms with Crippen molar-refractivity contribution >= 4 is 0 Å². The lowest BCUT2D eigenvalue weighted by atomic mass is 9.98. The van der Waals surface area contributed by atoms with Crippen LogP contribution >= 0.6 is 0 Å². The Balaban J connectivity index is 2.08. The Morgan fingerprint density at radius 2 is 2.11 bits per heavy atom. The number of aromatic nitrogens is 2.